The van der Waals surface area contributed by atoms with Crippen molar-refractivity contribution in [2.24, 2.45) is 5.16 Å². The molecule has 0 saturated carbocycles. The number of hydrogen-bond donors (Lipinski definition) is 1. The molecule has 10 heteroatoms. The van der Waals surface area contributed by atoms with Crippen molar-refractivity contribution in [1.29, 1.82) is 0 Å². The van der Waals surface area contributed by atoms with E-state index in [2.05, 4.69) is 15.5 Å². The van der Waals surface area contributed by atoms with Crippen molar-refractivity contribution in [3.8, 4) is 0 Å². The molecular weight excluding hydrogens is 478 g/mol. The Kier molecular flexibility index (Phi) is 6.32. The summed E-state index contributed by atoms with van der Waals surface area (Å²) in [5.41, 5.74) is -1.42. The second kappa shape index (κ2) is 9.03. The van der Waals surface area contributed by atoms with Gasteiger partial charge in [-0.3, -0.25) is 9.78 Å². The smallest absolute Gasteiger partial charge is 0.374 e. The predicted octanol–water partition coefficient (Wildman–Crippen LogP) is 5.90. The summed E-state index contributed by atoms with van der Waals surface area (Å²) < 4.78 is 42.3. The van der Waals surface area contributed by atoms with E-state index in [0.717, 1.165) is 12.1 Å². The highest BCUT2D eigenvalue weighted by atomic mass is 35.5. The molecule has 2 heterocycles. The Morgan fingerprint density at radius 2 is 1.76 bits per heavy atom. The number of pyridine rings is 1. The van der Waals surface area contributed by atoms with E-state index in [1.807, 2.05) is 6.07 Å². The van der Waals surface area contributed by atoms with Gasteiger partial charge in [0, 0.05) is 33.8 Å². The van der Waals surface area contributed by atoms with Crippen molar-refractivity contribution < 1.29 is 22.8 Å². The quantitative estimate of drug-likeness (QED) is 0.481. The minimum Gasteiger partial charge on any atom is -0.374 e. The lowest BCUT2D eigenvalue weighted by molar-refractivity contribution is -0.275. The molecule has 1 N–H and O–H groups in total. The zero-order valence-electron chi connectivity index (χ0n) is 16.9. The van der Waals surface area contributed by atoms with Crippen molar-refractivity contribution in [3.63, 3.8) is 0 Å². The number of nitrogens with zero attached hydrogens (tertiary/aromatic N) is 2. The van der Waals surface area contributed by atoms with Crippen LogP contribution in [0.4, 0.5) is 13.2 Å². The number of carbonyl (C=O) groups is 1. The maximum Gasteiger partial charge on any atom is 0.435 e. The van der Waals surface area contributed by atoms with E-state index in [-0.39, 0.29) is 33.8 Å². The van der Waals surface area contributed by atoms with Gasteiger partial charge in [-0.2, -0.15) is 13.2 Å². The first kappa shape index (κ1) is 23.1. The summed E-state index contributed by atoms with van der Waals surface area (Å²) in [7, 11) is 0. The van der Waals surface area contributed by atoms with Crippen LogP contribution in [0.5, 0.6) is 0 Å². The average Bonchev–Trinajstić information content (AvgIpc) is 3.25. The van der Waals surface area contributed by atoms with Gasteiger partial charge in [-0.1, -0.05) is 46.6 Å². The number of alkyl halides is 3. The Morgan fingerprint density at radius 3 is 2.36 bits per heavy atom. The fourth-order valence-electron chi connectivity index (χ4n) is 3.44. The Bertz CT molecular complexity index is 1180. The molecule has 0 fully saturated rings. The van der Waals surface area contributed by atoms with E-state index in [4.69, 9.17) is 28.0 Å². The van der Waals surface area contributed by atoms with Gasteiger partial charge in [-0.15, -0.1) is 0 Å². The number of aromatic nitrogens is 1. The molecule has 3 aromatic rings. The molecule has 0 radical (unpaired) electrons. The van der Waals surface area contributed by atoms with E-state index in [1.165, 1.54) is 30.3 Å². The average molecular weight is 494 g/mol. The number of halogens is 5. The Labute approximate surface area is 197 Å². The highest BCUT2D eigenvalue weighted by Gasteiger charge is 2.62. The molecule has 5 nitrogen and oxygen atoms in total. The zero-order chi connectivity index (χ0) is 23.6. The number of rotatable bonds is 5. The molecule has 0 saturated heterocycles. The molecule has 33 heavy (non-hydrogen) atoms. The SMILES string of the molecule is O=C(NCc1ccccn1)c1ccc(C2=NOC(c3cc(Cl)cc(Cl)c3)(C(F)(F)F)C2)cc1. The second-order valence-corrected chi connectivity index (χ2v) is 8.24. The first-order valence-electron chi connectivity index (χ1n) is 9.75. The Morgan fingerprint density at radius 1 is 1.06 bits per heavy atom. The highest BCUT2D eigenvalue weighted by molar-refractivity contribution is 6.34. The third-order valence-corrected chi connectivity index (χ3v) is 5.59. The van der Waals surface area contributed by atoms with Gasteiger partial charge >= 0.3 is 6.18 Å². The van der Waals surface area contributed by atoms with Crippen LogP contribution in [0.3, 0.4) is 0 Å². The molecule has 2 aromatic carbocycles. The summed E-state index contributed by atoms with van der Waals surface area (Å²) >= 11 is 11.8. The Hall–Kier alpha value is -3.10. The first-order chi connectivity index (χ1) is 15.7. The van der Waals surface area contributed by atoms with E-state index >= 15 is 0 Å². The van der Waals surface area contributed by atoms with Crippen LogP contribution in [0.25, 0.3) is 0 Å². The maximum absolute atomic E-state index is 14.1. The fourth-order valence-corrected chi connectivity index (χ4v) is 3.96. The van der Waals surface area contributed by atoms with Crippen LogP contribution in [0.1, 0.15) is 33.6 Å². The number of benzene rings is 2. The van der Waals surface area contributed by atoms with E-state index in [0.29, 0.717) is 16.8 Å². The lowest BCUT2D eigenvalue weighted by Crippen LogP contribution is -2.42. The number of nitrogens with one attached hydrogen (secondary N) is 1. The number of hydrogen-bond acceptors (Lipinski definition) is 4. The lowest BCUT2D eigenvalue weighted by atomic mass is 9.86. The molecule has 0 aliphatic carbocycles. The third-order valence-electron chi connectivity index (χ3n) is 5.15. The van der Waals surface area contributed by atoms with Crippen LogP contribution in [-0.4, -0.2) is 22.8 Å². The molecule has 4 rings (SSSR count). The maximum atomic E-state index is 14.1. The van der Waals surface area contributed by atoms with Gasteiger partial charge in [0.1, 0.15) is 0 Å². The van der Waals surface area contributed by atoms with Crippen molar-refractivity contribution in [2.45, 2.75) is 24.7 Å². The molecule has 0 bridgehead atoms. The van der Waals surface area contributed by atoms with Crippen LogP contribution >= 0.6 is 23.2 Å². The molecule has 1 aliphatic heterocycles. The summed E-state index contributed by atoms with van der Waals surface area (Å²) in [6.07, 6.45) is -3.73. The van der Waals surface area contributed by atoms with Crippen LogP contribution in [-0.2, 0) is 17.0 Å². The Balaban J connectivity index is 1.51. The standard InChI is InChI=1S/C23H16Cl2F3N3O2/c24-17-9-16(10-18(25)11-17)22(23(26,27)28)12-20(31-33-22)14-4-6-15(7-5-14)21(32)30-13-19-3-1-2-8-29-19/h1-11H,12-13H2,(H,30,32). The van der Waals surface area contributed by atoms with Crippen molar-refractivity contribution in [1.82, 2.24) is 10.3 Å². The molecule has 1 aliphatic rings. The van der Waals surface area contributed by atoms with Crippen molar-refractivity contribution in [2.75, 3.05) is 0 Å². The van der Waals surface area contributed by atoms with Crippen LogP contribution in [0, 0.1) is 0 Å². The van der Waals surface area contributed by atoms with Crippen LogP contribution in [0.2, 0.25) is 10.0 Å². The minimum atomic E-state index is -4.78. The number of amides is 1. The fraction of sp³-hybridized carbons (Fsp3) is 0.174. The second-order valence-electron chi connectivity index (χ2n) is 7.37. The minimum absolute atomic E-state index is 0.0549. The van der Waals surface area contributed by atoms with Crippen molar-refractivity contribution >= 4 is 34.8 Å². The molecule has 1 amide bonds. The third kappa shape index (κ3) is 4.82. The van der Waals surface area contributed by atoms with E-state index in [9.17, 15) is 18.0 Å². The van der Waals surface area contributed by atoms with Gasteiger partial charge in [0.2, 0.25) is 0 Å². The summed E-state index contributed by atoms with van der Waals surface area (Å²) in [6, 6.07) is 15.1. The molecular formula is C23H16Cl2F3N3O2. The van der Waals surface area contributed by atoms with E-state index < -0.39 is 18.2 Å². The van der Waals surface area contributed by atoms with Gasteiger partial charge in [0.25, 0.3) is 11.5 Å². The van der Waals surface area contributed by atoms with Gasteiger partial charge in [0.05, 0.1) is 18.0 Å². The van der Waals surface area contributed by atoms with Crippen molar-refractivity contribution in [3.05, 3.63) is 99.3 Å². The van der Waals surface area contributed by atoms with E-state index in [1.54, 1.807) is 18.3 Å². The summed E-state index contributed by atoms with van der Waals surface area (Å²) in [5, 5.41) is 6.56. The molecule has 1 atom stereocenters. The van der Waals surface area contributed by atoms with Crippen LogP contribution < -0.4 is 5.32 Å². The topological polar surface area (TPSA) is 63.6 Å². The molecule has 1 aromatic heterocycles. The molecule has 0 spiro atoms. The largest absolute Gasteiger partial charge is 0.435 e. The summed E-state index contributed by atoms with van der Waals surface area (Å²) in [6.45, 7) is 0.248. The monoisotopic (exact) mass is 493 g/mol. The van der Waals surface area contributed by atoms with Gasteiger partial charge in [-0.05, 0) is 48.0 Å². The van der Waals surface area contributed by atoms with Gasteiger partial charge in [0.15, 0.2) is 0 Å². The number of oxime groups is 1. The lowest BCUT2D eigenvalue weighted by Gasteiger charge is -2.29. The molecule has 1 unspecified atom stereocenters. The van der Waals surface area contributed by atoms with Gasteiger partial charge in [-0.25, -0.2) is 0 Å². The number of carbonyl (C=O) groups excluding carboxylic acids is 1. The summed E-state index contributed by atoms with van der Waals surface area (Å²) in [5.74, 6) is -0.338. The predicted molar refractivity (Wildman–Crippen MR) is 118 cm³/mol. The molecule has 170 valence electrons. The highest BCUT2D eigenvalue weighted by Crippen LogP contribution is 2.49. The van der Waals surface area contributed by atoms with Crippen LogP contribution in [0.15, 0.2) is 72.0 Å². The summed E-state index contributed by atoms with van der Waals surface area (Å²) in [4.78, 5) is 21.5. The first-order valence-corrected chi connectivity index (χ1v) is 10.5. The zero-order valence-corrected chi connectivity index (χ0v) is 18.4. The normalized spacial score (nSPS) is 17.9. The van der Waals surface area contributed by atoms with Gasteiger partial charge < -0.3 is 10.2 Å².